The summed E-state index contributed by atoms with van der Waals surface area (Å²) < 4.78 is 0. The van der Waals surface area contributed by atoms with Crippen LogP contribution >= 0.6 is 11.3 Å². The quantitative estimate of drug-likeness (QED) is 0.785. The summed E-state index contributed by atoms with van der Waals surface area (Å²) in [5, 5.41) is 15.2. The Bertz CT molecular complexity index is 808. The fraction of sp³-hybridized carbons (Fsp3) is 0.500. The molecule has 0 saturated heterocycles. The van der Waals surface area contributed by atoms with Gasteiger partial charge in [-0.05, 0) is 30.9 Å². The number of nitrogens with one attached hydrogen (secondary N) is 2. The second-order valence-corrected chi connectivity index (χ2v) is 9.10. The van der Waals surface area contributed by atoms with Gasteiger partial charge in [-0.3, -0.25) is 14.9 Å². The number of carbonyl (C=O) groups is 2. The van der Waals surface area contributed by atoms with Gasteiger partial charge in [0.2, 0.25) is 11.0 Å². The van der Waals surface area contributed by atoms with E-state index in [0.717, 1.165) is 10.6 Å². The van der Waals surface area contributed by atoms with Gasteiger partial charge < -0.3 is 5.32 Å². The largest absolute Gasteiger partial charge is 0.340 e. The van der Waals surface area contributed by atoms with Crippen LogP contribution in [0.2, 0.25) is 0 Å². The van der Waals surface area contributed by atoms with Gasteiger partial charge in [0.15, 0.2) is 0 Å². The van der Waals surface area contributed by atoms with E-state index in [9.17, 15) is 9.59 Å². The number of aryl methyl sites for hydroxylation is 1. The first-order chi connectivity index (χ1) is 12.6. The van der Waals surface area contributed by atoms with Crippen LogP contribution in [0.1, 0.15) is 62.0 Å². The number of aromatic nitrogens is 2. The summed E-state index contributed by atoms with van der Waals surface area (Å²) in [6.45, 7) is 12.0. The van der Waals surface area contributed by atoms with Gasteiger partial charge in [0.25, 0.3) is 5.91 Å². The summed E-state index contributed by atoms with van der Waals surface area (Å²) in [4.78, 5) is 25.4. The number of carbonyl (C=O) groups excluding carboxylic acids is 2. The van der Waals surface area contributed by atoms with E-state index in [-0.39, 0.29) is 23.1 Å². The lowest BCUT2D eigenvalue weighted by atomic mass is 9.98. The number of nitrogens with zero attached hydrogens (tertiary/aromatic N) is 2. The van der Waals surface area contributed by atoms with E-state index in [4.69, 9.17) is 0 Å². The maximum Gasteiger partial charge on any atom is 0.252 e. The van der Waals surface area contributed by atoms with Gasteiger partial charge in [0.1, 0.15) is 11.0 Å². The van der Waals surface area contributed by atoms with Crippen molar-refractivity contribution in [2.45, 2.75) is 59.4 Å². The highest BCUT2D eigenvalue weighted by Gasteiger charge is 2.25. The third-order valence-electron chi connectivity index (χ3n) is 4.02. The van der Waals surface area contributed by atoms with Crippen molar-refractivity contribution in [3.8, 4) is 0 Å². The molecule has 2 aromatic rings. The monoisotopic (exact) mass is 388 g/mol. The average molecular weight is 389 g/mol. The van der Waals surface area contributed by atoms with Gasteiger partial charge >= 0.3 is 0 Å². The fourth-order valence-corrected chi connectivity index (χ4v) is 3.34. The van der Waals surface area contributed by atoms with E-state index in [1.54, 1.807) is 6.07 Å². The minimum Gasteiger partial charge on any atom is -0.340 e. The molecule has 146 valence electrons. The van der Waals surface area contributed by atoms with Crippen molar-refractivity contribution in [2.75, 3.05) is 5.32 Å². The molecule has 1 unspecified atom stereocenters. The number of rotatable bonds is 6. The Labute approximate surface area is 164 Å². The Kier molecular flexibility index (Phi) is 6.70. The van der Waals surface area contributed by atoms with E-state index in [1.165, 1.54) is 11.3 Å². The third-order valence-corrected chi connectivity index (χ3v) is 5.28. The van der Waals surface area contributed by atoms with Crippen LogP contribution in [0.5, 0.6) is 0 Å². The van der Waals surface area contributed by atoms with Crippen molar-refractivity contribution in [2.24, 2.45) is 5.92 Å². The Balaban J connectivity index is 2.13. The van der Waals surface area contributed by atoms with Gasteiger partial charge in [0, 0.05) is 11.0 Å². The SMILES string of the molecule is Cc1ccccc1C(=O)NC(CC(C)C)C(=O)Nc1nnc(C(C)(C)C)s1. The van der Waals surface area contributed by atoms with E-state index in [0.29, 0.717) is 17.1 Å². The van der Waals surface area contributed by atoms with Crippen LogP contribution in [0.25, 0.3) is 0 Å². The van der Waals surface area contributed by atoms with Crippen molar-refractivity contribution in [3.05, 3.63) is 40.4 Å². The zero-order valence-corrected chi connectivity index (χ0v) is 17.6. The fourth-order valence-electron chi connectivity index (χ4n) is 2.54. The highest BCUT2D eigenvalue weighted by atomic mass is 32.1. The molecule has 2 N–H and O–H groups in total. The Hall–Kier alpha value is -2.28. The van der Waals surface area contributed by atoms with E-state index in [2.05, 4.69) is 20.8 Å². The molecule has 6 nitrogen and oxygen atoms in total. The van der Waals surface area contributed by atoms with Crippen LogP contribution in [-0.4, -0.2) is 28.1 Å². The maximum absolute atomic E-state index is 12.8. The van der Waals surface area contributed by atoms with Crippen LogP contribution in [0, 0.1) is 12.8 Å². The Morgan fingerprint density at radius 1 is 1.15 bits per heavy atom. The molecule has 1 aromatic carbocycles. The molecule has 1 heterocycles. The van der Waals surface area contributed by atoms with Gasteiger partial charge in [-0.2, -0.15) is 0 Å². The van der Waals surface area contributed by atoms with Gasteiger partial charge in [-0.25, -0.2) is 0 Å². The lowest BCUT2D eigenvalue weighted by Crippen LogP contribution is -2.44. The average Bonchev–Trinajstić information content (AvgIpc) is 3.03. The van der Waals surface area contributed by atoms with E-state index in [1.807, 2.05) is 59.7 Å². The molecule has 0 spiro atoms. The summed E-state index contributed by atoms with van der Waals surface area (Å²) >= 11 is 1.36. The summed E-state index contributed by atoms with van der Waals surface area (Å²) in [6, 6.07) is 6.69. The van der Waals surface area contributed by atoms with Crippen LogP contribution in [0.3, 0.4) is 0 Å². The molecule has 0 fully saturated rings. The molecule has 0 bridgehead atoms. The normalized spacial score (nSPS) is 12.7. The van der Waals surface area contributed by atoms with Crippen molar-refractivity contribution in [3.63, 3.8) is 0 Å². The molecule has 1 aromatic heterocycles. The molecule has 27 heavy (non-hydrogen) atoms. The van der Waals surface area contributed by atoms with Crippen LogP contribution in [-0.2, 0) is 10.2 Å². The molecule has 0 aliphatic carbocycles. The smallest absolute Gasteiger partial charge is 0.252 e. The van der Waals surface area contributed by atoms with Crippen LogP contribution in [0.4, 0.5) is 5.13 Å². The van der Waals surface area contributed by atoms with Gasteiger partial charge in [-0.1, -0.05) is 64.2 Å². The van der Waals surface area contributed by atoms with Crippen molar-refractivity contribution >= 4 is 28.3 Å². The second-order valence-electron chi connectivity index (χ2n) is 8.12. The zero-order valence-electron chi connectivity index (χ0n) is 16.8. The highest BCUT2D eigenvalue weighted by molar-refractivity contribution is 7.15. The topological polar surface area (TPSA) is 84.0 Å². The molecule has 2 amide bonds. The zero-order chi connectivity index (χ0) is 20.2. The number of amides is 2. The highest BCUT2D eigenvalue weighted by Crippen LogP contribution is 2.27. The number of anilines is 1. The first-order valence-electron chi connectivity index (χ1n) is 9.09. The second kappa shape index (κ2) is 8.61. The van der Waals surface area contributed by atoms with Crippen LogP contribution in [0.15, 0.2) is 24.3 Å². The number of benzene rings is 1. The molecule has 0 aliphatic rings. The summed E-state index contributed by atoms with van der Waals surface area (Å²) in [7, 11) is 0. The van der Waals surface area contributed by atoms with Crippen molar-refractivity contribution in [1.82, 2.24) is 15.5 Å². The molecule has 0 radical (unpaired) electrons. The lowest BCUT2D eigenvalue weighted by Gasteiger charge is -2.20. The van der Waals surface area contributed by atoms with E-state index >= 15 is 0 Å². The minimum atomic E-state index is -0.640. The predicted molar refractivity (Wildman–Crippen MR) is 109 cm³/mol. The molecular weight excluding hydrogens is 360 g/mol. The summed E-state index contributed by atoms with van der Waals surface area (Å²) in [6.07, 6.45) is 0.536. The number of hydrogen-bond donors (Lipinski definition) is 2. The van der Waals surface area contributed by atoms with Crippen molar-refractivity contribution < 1.29 is 9.59 Å². The molecule has 1 atom stereocenters. The summed E-state index contributed by atoms with van der Waals surface area (Å²) in [5.41, 5.74) is 1.32. The van der Waals surface area contributed by atoms with E-state index < -0.39 is 6.04 Å². The third kappa shape index (κ3) is 5.85. The van der Waals surface area contributed by atoms with Gasteiger partial charge in [0.05, 0.1) is 0 Å². The standard InChI is InChI=1S/C20H28N4O2S/c1-12(2)11-15(21-16(25)14-10-8-7-9-13(14)3)17(26)22-19-24-23-18(27-19)20(4,5)6/h7-10,12,15H,11H2,1-6H3,(H,21,25)(H,22,24,26). The molecule has 0 saturated carbocycles. The summed E-state index contributed by atoms with van der Waals surface area (Å²) in [5.74, 6) is -0.277. The Morgan fingerprint density at radius 3 is 2.37 bits per heavy atom. The van der Waals surface area contributed by atoms with Crippen LogP contribution < -0.4 is 10.6 Å². The molecular formula is C20H28N4O2S. The molecule has 0 aliphatic heterocycles. The number of hydrogen-bond acceptors (Lipinski definition) is 5. The first kappa shape index (κ1) is 21.0. The van der Waals surface area contributed by atoms with Gasteiger partial charge in [-0.15, -0.1) is 10.2 Å². The Morgan fingerprint density at radius 2 is 1.81 bits per heavy atom. The predicted octanol–water partition coefficient (Wildman–Crippen LogP) is 3.93. The van der Waals surface area contributed by atoms with Crippen molar-refractivity contribution in [1.29, 1.82) is 0 Å². The first-order valence-corrected chi connectivity index (χ1v) is 9.91. The maximum atomic E-state index is 12.8. The minimum absolute atomic E-state index is 0.128. The molecule has 2 rings (SSSR count). The molecule has 7 heteroatoms. The lowest BCUT2D eigenvalue weighted by molar-refractivity contribution is -0.118.